The van der Waals surface area contributed by atoms with E-state index in [2.05, 4.69) is 41.6 Å². The van der Waals surface area contributed by atoms with Crippen molar-refractivity contribution in [2.24, 2.45) is 5.92 Å². The van der Waals surface area contributed by atoms with Gasteiger partial charge in [-0.25, -0.2) is 0 Å². The van der Waals surface area contributed by atoms with Crippen molar-refractivity contribution in [3.05, 3.63) is 22.4 Å². The monoisotopic (exact) mass is 294 g/mol. The van der Waals surface area contributed by atoms with Gasteiger partial charge < -0.3 is 5.32 Å². The zero-order valence-electron chi connectivity index (χ0n) is 12.8. The van der Waals surface area contributed by atoms with Gasteiger partial charge in [0.15, 0.2) is 0 Å². The van der Waals surface area contributed by atoms with Gasteiger partial charge in [0.25, 0.3) is 0 Å². The minimum Gasteiger partial charge on any atom is -0.352 e. The van der Waals surface area contributed by atoms with Crippen LogP contribution in [0, 0.1) is 5.92 Å². The highest BCUT2D eigenvalue weighted by atomic mass is 32.1. The van der Waals surface area contributed by atoms with Crippen LogP contribution in [0.3, 0.4) is 0 Å². The van der Waals surface area contributed by atoms with E-state index in [4.69, 9.17) is 0 Å². The summed E-state index contributed by atoms with van der Waals surface area (Å²) in [6, 6.07) is 4.87. The first-order valence-electron chi connectivity index (χ1n) is 7.61. The first-order valence-corrected chi connectivity index (χ1v) is 8.49. The van der Waals surface area contributed by atoms with Crippen LogP contribution in [-0.4, -0.2) is 30.4 Å². The number of nitrogens with zero attached hydrogens (tertiary/aromatic N) is 1. The molecule has 2 rings (SSSR count). The van der Waals surface area contributed by atoms with E-state index < -0.39 is 0 Å². The van der Waals surface area contributed by atoms with Gasteiger partial charge in [-0.15, -0.1) is 11.3 Å². The lowest BCUT2D eigenvalue weighted by Crippen LogP contribution is -2.45. The van der Waals surface area contributed by atoms with E-state index in [1.54, 1.807) is 11.3 Å². The Morgan fingerprint density at radius 3 is 2.90 bits per heavy atom. The number of nitrogens with one attached hydrogen (secondary N) is 1. The second kappa shape index (κ2) is 7.23. The average Bonchev–Trinajstić information content (AvgIpc) is 2.94. The molecular formula is C16H26N2OS. The standard InChI is InChI=1S/C16H26N2OS/c1-12-7-4-5-8-14(12)17-16(19)11-18(3)13(2)15-9-6-10-20-15/h6,9-10,12-14H,4-5,7-8,11H2,1-3H3,(H,17,19). The van der Waals surface area contributed by atoms with Crippen LogP contribution < -0.4 is 5.32 Å². The lowest BCUT2D eigenvalue weighted by atomic mass is 9.86. The first-order chi connectivity index (χ1) is 9.58. The van der Waals surface area contributed by atoms with Crippen LogP contribution in [0.25, 0.3) is 0 Å². The predicted octanol–water partition coefficient (Wildman–Crippen LogP) is 3.44. The van der Waals surface area contributed by atoms with Crippen LogP contribution in [-0.2, 0) is 4.79 Å². The van der Waals surface area contributed by atoms with Crippen molar-refractivity contribution in [1.82, 2.24) is 10.2 Å². The molecule has 1 aromatic rings. The number of carbonyl (C=O) groups excluding carboxylic acids is 1. The summed E-state index contributed by atoms with van der Waals surface area (Å²) in [4.78, 5) is 15.6. The summed E-state index contributed by atoms with van der Waals surface area (Å²) in [5, 5.41) is 5.31. The number of hydrogen-bond acceptors (Lipinski definition) is 3. The van der Waals surface area contributed by atoms with Crippen LogP contribution in [0.5, 0.6) is 0 Å². The van der Waals surface area contributed by atoms with Gasteiger partial charge in [-0.1, -0.05) is 25.8 Å². The fourth-order valence-corrected chi connectivity index (χ4v) is 3.74. The molecule has 1 fully saturated rings. The van der Waals surface area contributed by atoms with Crippen molar-refractivity contribution in [1.29, 1.82) is 0 Å². The van der Waals surface area contributed by atoms with Crippen LogP contribution in [0.15, 0.2) is 17.5 Å². The molecule has 0 aromatic carbocycles. The Hall–Kier alpha value is -0.870. The number of hydrogen-bond donors (Lipinski definition) is 1. The highest BCUT2D eigenvalue weighted by Gasteiger charge is 2.24. The average molecular weight is 294 g/mol. The third-order valence-corrected chi connectivity index (χ3v) is 5.51. The molecule has 3 nitrogen and oxygen atoms in total. The molecule has 1 amide bonds. The van der Waals surface area contributed by atoms with Crippen molar-refractivity contribution in [2.75, 3.05) is 13.6 Å². The Labute approximate surface area is 126 Å². The lowest BCUT2D eigenvalue weighted by Gasteiger charge is -2.31. The number of likely N-dealkylation sites (N-methyl/N-ethyl adjacent to an activating group) is 1. The smallest absolute Gasteiger partial charge is 0.234 e. The minimum atomic E-state index is 0.162. The van der Waals surface area contributed by atoms with E-state index in [0.29, 0.717) is 24.5 Å². The summed E-state index contributed by atoms with van der Waals surface area (Å²) in [5.41, 5.74) is 0. The predicted molar refractivity (Wildman–Crippen MR) is 84.9 cm³/mol. The summed E-state index contributed by atoms with van der Waals surface area (Å²) >= 11 is 1.75. The molecular weight excluding hydrogens is 268 g/mol. The Morgan fingerprint density at radius 1 is 1.50 bits per heavy atom. The molecule has 0 bridgehead atoms. The van der Waals surface area contributed by atoms with E-state index >= 15 is 0 Å². The summed E-state index contributed by atoms with van der Waals surface area (Å²) < 4.78 is 0. The maximum Gasteiger partial charge on any atom is 0.234 e. The zero-order valence-corrected chi connectivity index (χ0v) is 13.6. The molecule has 0 radical (unpaired) electrons. The highest BCUT2D eigenvalue weighted by molar-refractivity contribution is 7.10. The molecule has 1 aromatic heterocycles. The van der Waals surface area contributed by atoms with Crippen molar-refractivity contribution in [3.8, 4) is 0 Å². The van der Waals surface area contributed by atoms with Crippen molar-refractivity contribution < 1.29 is 4.79 Å². The van der Waals surface area contributed by atoms with E-state index in [-0.39, 0.29) is 5.91 Å². The second-order valence-electron chi connectivity index (χ2n) is 6.04. The molecule has 4 heteroatoms. The van der Waals surface area contributed by atoms with Gasteiger partial charge in [0, 0.05) is 17.0 Å². The molecule has 1 saturated carbocycles. The van der Waals surface area contributed by atoms with E-state index in [1.807, 2.05) is 7.05 Å². The van der Waals surface area contributed by atoms with Crippen LogP contribution >= 0.6 is 11.3 Å². The van der Waals surface area contributed by atoms with E-state index in [1.165, 1.54) is 24.1 Å². The summed E-state index contributed by atoms with van der Waals surface area (Å²) in [7, 11) is 2.02. The number of rotatable bonds is 5. The minimum absolute atomic E-state index is 0.162. The first kappa shape index (κ1) is 15.5. The SMILES string of the molecule is CC1CCCCC1NC(=O)CN(C)C(C)c1cccs1. The van der Waals surface area contributed by atoms with Gasteiger partial charge in [0.1, 0.15) is 0 Å². The van der Waals surface area contributed by atoms with Gasteiger partial charge in [-0.2, -0.15) is 0 Å². The summed E-state index contributed by atoms with van der Waals surface area (Å²) in [6.45, 7) is 4.88. The largest absolute Gasteiger partial charge is 0.352 e. The van der Waals surface area contributed by atoms with Gasteiger partial charge in [0.2, 0.25) is 5.91 Å². The second-order valence-corrected chi connectivity index (χ2v) is 7.02. The van der Waals surface area contributed by atoms with Crippen LogP contribution in [0.4, 0.5) is 0 Å². The van der Waals surface area contributed by atoms with E-state index in [9.17, 15) is 4.79 Å². The summed E-state index contributed by atoms with van der Waals surface area (Å²) in [6.07, 6.45) is 4.93. The molecule has 1 heterocycles. The molecule has 1 aliphatic rings. The molecule has 3 unspecified atom stereocenters. The maximum atomic E-state index is 12.2. The lowest BCUT2D eigenvalue weighted by molar-refractivity contribution is -0.123. The molecule has 112 valence electrons. The van der Waals surface area contributed by atoms with Gasteiger partial charge in [0.05, 0.1) is 6.54 Å². The molecule has 0 aliphatic heterocycles. The van der Waals surface area contributed by atoms with Gasteiger partial charge >= 0.3 is 0 Å². The van der Waals surface area contributed by atoms with Gasteiger partial charge in [-0.3, -0.25) is 9.69 Å². The molecule has 0 saturated heterocycles. The summed E-state index contributed by atoms with van der Waals surface area (Å²) in [5.74, 6) is 0.780. The molecule has 0 spiro atoms. The number of carbonyl (C=O) groups is 1. The van der Waals surface area contributed by atoms with Crippen molar-refractivity contribution in [3.63, 3.8) is 0 Å². The third kappa shape index (κ3) is 4.06. The highest BCUT2D eigenvalue weighted by Crippen LogP contribution is 2.25. The third-order valence-electron chi connectivity index (χ3n) is 4.47. The van der Waals surface area contributed by atoms with Crippen molar-refractivity contribution in [2.45, 2.75) is 51.6 Å². The quantitative estimate of drug-likeness (QED) is 0.902. The van der Waals surface area contributed by atoms with Crippen LogP contribution in [0.2, 0.25) is 0 Å². The Balaban J connectivity index is 1.81. The normalized spacial score (nSPS) is 24.6. The molecule has 1 aliphatic carbocycles. The Bertz CT molecular complexity index is 418. The Morgan fingerprint density at radius 2 is 2.25 bits per heavy atom. The molecule has 20 heavy (non-hydrogen) atoms. The topological polar surface area (TPSA) is 32.3 Å². The van der Waals surface area contributed by atoms with Gasteiger partial charge in [-0.05, 0) is 44.2 Å². The fraction of sp³-hybridized carbons (Fsp3) is 0.688. The van der Waals surface area contributed by atoms with Crippen LogP contribution in [0.1, 0.15) is 50.4 Å². The number of amides is 1. The van der Waals surface area contributed by atoms with E-state index in [0.717, 1.165) is 6.42 Å². The Kier molecular flexibility index (Phi) is 5.61. The zero-order chi connectivity index (χ0) is 14.5. The molecule has 1 N–H and O–H groups in total. The molecule has 3 atom stereocenters. The maximum absolute atomic E-state index is 12.2. The van der Waals surface area contributed by atoms with Crippen molar-refractivity contribution >= 4 is 17.2 Å². The number of thiophene rings is 1. The fourth-order valence-electron chi connectivity index (χ4n) is 2.89.